The quantitative estimate of drug-likeness (QED) is 0.728. The molecule has 0 spiro atoms. The molecule has 2 aliphatic heterocycles. The summed E-state index contributed by atoms with van der Waals surface area (Å²) in [5.41, 5.74) is 0. The molecular formula is C12H18F2N2O4. The van der Waals surface area contributed by atoms with E-state index in [1.54, 1.807) is 0 Å². The number of ether oxygens (including phenoxy) is 2. The van der Waals surface area contributed by atoms with E-state index in [2.05, 4.69) is 10.1 Å². The van der Waals surface area contributed by atoms with Crippen LogP contribution in [0.2, 0.25) is 0 Å². The van der Waals surface area contributed by atoms with Crippen LogP contribution in [-0.4, -0.2) is 68.2 Å². The number of carbonyl (C=O) groups excluding carboxylic acids is 2. The van der Waals surface area contributed by atoms with Crippen LogP contribution in [0, 0.1) is 0 Å². The van der Waals surface area contributed by atoms with Gasteiger partial charge in [-0.05, 0) is 0 Å². The molecule has 0 aromatic carbocycles. The van der Waals surface area contributed by atoms with Crippen molar-refractivity contribution in [2.75, 3.05) is 33.4 Å². The molecule has 0 aromatic rings. The average molecular weight is 292 g/mol. The van der Waals surface area contributed by atoms with E-state index >= 15 is 0 Å². The summed E-state index contributed by atoms with van der Waals surface area (Å²) >= 11 is 0. The number of amides is 1. The maximum atomic E-state index is 13.1. The zero-order chi connectivity index (χ0) is 14.8. The second kappa shape index (κ2) is 6.01. The molecule has 2 aliphatic rings. The highest BCUT2D eigenvalue weighted by molar-refractivity contribution is 5.82. The first-order valence-corrected chi connectivity index (χ1v) is 6.50. The molecule has 114 valence electrons. The zero-order valence-electron chi connectivity index (χ0n) is 11.2. The highest BCUT2D eigenvalue weighted by atomic mass is 19.3. The fraction of sp³-hybridized carbons (Fsp3) is 0.833. The number of hydrogen-bond acceptors (Lipinski definition) is 5. The van der Waals surface area contributed by atoms with E-state index in [0.717, 1.165) is 0 Å². The summed E-state index contributed by atoms with van der Waals surface area (Å²) in [6.07, 6.45) is -0.874. The molecule has 0 saturated carbocycles. The van der Waals surface area contributed by atoms with Crippen LogP contribution in [0.15, 0.2) is 0 Å². The van der Waals surface area contributed by atoms with Crippen molar-refractivity contribution in [2.24, 2.45) is 0 Å². The minimum absolute atomic E-state index is 0.0501. The summed E-state index contributed by atoms with van der Waals surface area (Å²) < 4.78 is 36.1. The van der Waals surface area contributed by atoms with Gasteiger partial charge in [0, 0.05) is 19.5 Å². The fourth-order valence-corrected chi connectivity index (χ4v) is 2.42. The van der Waals surface area contributed by atoms with Gasteiger partial charge in [0.1, 0.15) is 0 Å². The molecule has 0 aromatic heterocycles. The molecule has 2 fully saturated rings. The van der Waals surface area contributed by atoms with E-state index in [1.165, 1.54) is 12.0 Å². The monoisotopic (exact) mass is 292 g/mol. The van der Waals surface area contributed by atoms with E-state index in [-0.39, 0.29) is 25.5 Å². The van der Waals surface area contributed by atoms with Gasteiger partial charge >= 0.3 is 5.97 Å². The number of carbonyl (C=O) groups is 2. The van der Waals surface area contributed by atoms with Crippen LogP contribution >= 0.6 is 0 Å². The van der Waals surface area contributed by atoms with Crippen molar-refractivity contribution in [3.63, 3.8) is 0 Å². The summed E-state index contributed by atoms with van der Waals surface area (Å²) in [4.78, 5) is 24.8. The highest BCUT2D eigenvalue weighted by Gasteiger charge is 2.44. The van der Waals surface area contributed by atoms with Crippen LogP contribution in [0.1, 0.15) is 12.8 Å². The van der Waals surface area contributed by atoms with Gasteiger partial charge in [0.05, 0.1) is 38.8 Å². The van der Waals surface area contributed by atoms with Gasteiger partial charge < -0.3 is 14.4 Å². The Kier molecular flexibility index (Phi) is 4.54. The molecule has 0 bridgehead atoms. The molecule has 2 unspecified atom stereocenters. The average Bonchev–Trinajstić information content (AvgIpc) is 2.78. The molecule has 2 rings (SSSR count). The summed E-state index contributed by atoms with van der Waals surface area (Å²) in [5, 5.41) is 2.54. The van der Waals surface area contributed by atoms with E-state index < -0.39 is 37.0 Å². The lowest BCUT2D eigenvalue weighted by Gasteiger charge is -2.34. The Bertz CT molecular complexity index is 392. The molecule has 6 nitrogen and oxygen atoms in total. The fourth-order valence-electron chi connectivity index (χ4n) is 2.42. The third kappa shape index (κ3) is 3.63. The van der Waals surface area contributed by atoms with Crippen LogP contribution in [-0.2, 0) is 19.1 Å². The Balaban J connectivity index is 1.89. The topological polar surface area (TPSA) is 67.9 Å². The molecule has 2 heterocycles. The van der Waals surface area contributed by atoms with E-state index in [1.807, 2.05) is 0 Å². The van der Waals surface area contributed by atoms with Gasteiger partial charge in [-0.2, -0.15) is 0 Å². The van der Waals surface area contributed by atoms with Gasteiger partial charge in [0.25, 0.3) is 5.92 Å². The van der Waals surface area contributed by atoms with Gasteiger partial charge in [0.2, 0.25) is 5.91 Å². The number of methoxy groups -OCH3 is 1. The van der Waals surface area contributed by atoms with Crippen LogP contribution in [0.4, 0.5) is 8.78 Å². The van der Waals surface area contributed by atoms with Crippen molar-refractivity contribution in [1.29, 1.82) is 0 Å². The number of nitrogens with one attached hydrogen (secondary N) is 1. The van der Waals surface area contributed by atoms with Crippen molar-refractivity contribution >= 4 is 11.9 Å². The van der Waals surface area contributed by atoms with Crippen LogP contribution in [0.5, 0.6) is 0 Å². The number of hydrogen-bond donors (Lipinski definition) is 1. The number of morpholine rings is 1. The van der Waals surface area contributed by atoms with Crippen LogP contribution < -0.4 is 5.32 Å². The lowest BCUT2D eigenvalue weighted by atomic mass is 10.1. The van der Waals surface area contributed by atoms with Crippen molar-refractivity contribution in [3.8, 4) is 0 Å². The summed E-state index contributed by atoms with van der Waals surface area (Å²) in [7, 11) is 1.28. The van der Waals surface area contributed by atoms with E-state index in [4.69, 9.17) is 4.74 Å². The maximum absolute atomic E-state index is 13.1. The Morgan fingerprint density at radius 2 is 2.25 bits per heavy atom. The van der Waals surface area contributed by atoms with E-state index in [0.29, 0.717) is 6.54 Å². The van der Waals surface area contributed by atoms with Crippen LogP contribution in [0.3, 0.4) is 0 Å². The number of rotatable bonds is 3. The third-order valence-electron chi connectivity index (χ3n) is 3.48. The van der Waals surface area contributed by atoms with Crippen molar-refractivity contribution < 1.29 is 27.8 Å². The lowest BCUT2D eigenvalue weighted by molar-refractivity contribution is -0.150. The van der Waals surface area contributed by atoms with Crippen molar-refractivity contribution in [3.05, 3.63) is 0 Å². The second-order valence-electron chi connectivity index (χ2n) is 5.05. The van der Waals surface area contributed by atoms with Gasteiger partial charge in [-0.15, -0.1) is 0 Å². The smallest absolute Gasteiger partial charge is 0.308 e. The number of esters is 1. The summed E-state index contributed by atoms with van der Waals surface area (Å²) in [5.74, 6) is -3.62. The Morgan fingerprint density at radius 1 is 1.50 bits per heavy atom. The standard InChI is InChI=1S/C12H18F2N2O4/c1-19-10(17)4-8-6-16(2-3-20-8)11(18)9-5-12(13,14)7-15-9/h8-9,15H,2-7H2,1H3. The first kappa shape index (κ1) is 15.1. The lowest BCUT2D eigenvalue weighted by Crippen LogP contribution is -2.51. The summed E-state index contributed by atoms with van der Waals surface area (Å²) in [6, 6.07) is -0.859. The van der Waals surface area contributed by atoms with Crippen LogP contribution in [0.25, 0.3) is 0 Å². The largest absolute Gasteiger partial charge is 0.469 e. The zero-order valence-corrected chi connectivity index (χ0v) is 11.2. The molecule has 0 radical (unpaired) electrons. The predicted molar refractivity (Wildman–Crippen MR) is 64.3 cm³/mol. The number of halogens is 2. The maximum Gasteiger partial charge on any atom is 0.308 e. The second-order valence-corrected chi connectivity index (χ2v) is 5.05. The third-order valence-corrected chi connectivity index (χ3v) is 3.48. The molecule has 2 atom stereocenters. The first-order chi connectivity index (χ1) is 9.41. The van der Waals surface area contributed by atoms with Crippen molar-refractivity contribution in [1.82, 2.24) is 10.2 Å². The molecule has 1 N–H and O–H groups in total. The minimum Gasteiger partial charge on any atom is -0.469 e. The van der Waals surface area contributed by atoms with Gasteiger partial charge in [-0.1, -0.05) is 0 Å². The van der Waals surface area contributed by atoms with Gasteiger partial charge in [0.15, 0.2) is 0 Å². The van der Waals surface area contributed by atoms with E-state index in [9.17, 15) is 18.4 Å². The normalized spacial score (nSPS) is 29.2. The molecular weight excluding hydrogens is 274 g/mol. The minimum atomic E-state index is -2.84. The predicted octanol–water partition coefficient (Wildman–Crippen LogP) is -0.226. The molecule has 2 saturated heterocycles. The summed E-state index contributed by atoms with van der Waals surface area (Å²) in [6.45, 7) is 0.383. The Hall–Kier alpha value is -1.28. The van der Waals surface area contributed by atoms with Crippen molar-refractivity contribution in [2.45, 2.75) is 30.9 Å². The Morgan fingerprint density at radius 3 is 2.85 bits per heavy atom. The SMILES string of the molecule is COC(=O)CC1CN(C(=O)C2CC(F)(F)CN2)CCO1. The Labute approximate surface area is 115 Å². The van der Waals surface area contributed by atoms with Gasteiger partial charge in [-0.25, -0.2) is 8.78 Å². The van der Waals surface area contributed by atoms with Gasteiger partial charge in [-0.3, -0.25) is 14.9 Å². The first-order valence-electron chi connectivity index (χ1n) is 6.50. The molecule has 1 amide bonds. The highest BCUT2D eigenvalue weighted by Crippen LogP contribution is 2.26. The molecule has 8 heteroatoms. The number of alkyl halides is 2. The molecule has 0 aliphatic carbocycles. The molecule has 20 heavy (non-hydrogen) atoms. The number of nitrogens with zero attached hydrogens (tertiary/aromatic N) is 1.